The van der Waals surface area contributed by atoms with E-state index in [1.54, 1.807) is 6.26 Å². The molecule has 0 fully saturated rings. The standard InChI is InChI=1S/C21H17NOS/c1-24(2,23)16-12-13-17-18-10-6-7-11-20(18)22-21(19(17)14-16)15-8-4-3-5-9-15/h3-14H,1H2,2H3. The van der Waals surface area contributed by atoms with Gasteiger partial charge in [-0.15, -0.1) is 0 Å². The lowest BCUT2D eigenvalue weighted by molar-refractivity contribution is 0.685. The molecule has 1 unspecified atom stereocenters. The molecule has 0 aliphatic carbocycles. The number of nitrogens with zero attached hydrogens (tertiary/aromatic N) is 1. The molecular weight excluding hydrogens is 314 g/mol. The van der Waals surface area contributed by atoms with Crippen LogP contribution in [-0.4, -0.2) is 21.3 Å². The molecule has 2 nitrogen and oxygen atoms in total. The first-order valence-corrected chi connectivity index (χ1v) is 9.88. The molecule has 0 aliphatic heterocycles. The monoisotopic (exact) mass is 331 g/mol. The van der Waals surface area contributed by atoms with Crippen molar-refractivity contribution in [1.82, 2.24) is 4.98 Å². The predicted molar refractivity (Wildman–Crippen MR) is 104 cm³/mol. The van der Waals surface area contributed by atoms with Gasteiger partial charge in [0, 0.05) is 27.5 Å². The summed E-state index contributed by atoms with van der Waals surface area (Å²) in [7, 11) is -2.27. The summed E-state index contributed by atoms with van der Waals surface area (Å²) >= 11 is 0. The van der Waals surface area contributed by atoms with Gasteiger partial charge in [0.15, 0.2) is 0 Å². The maximum Gasteiger partial charge on any atom is 0.0788 e. The molecule has 118 valence electrons. The summed E-state index contributed by atoms with van der Waals surface area (Å²) in [6, 6.07) is 24.2. The molecule has 3 aromatic carbocycles. The Balaban J connectivity index is 2.18. The van der Waals surface area contributed by atoms with Gasteiger partial charge in [-0.25, -0.2) is 4.98 Å². The van der Waals surface area contributed by atoms with Crippen LogP contribution in [0.3, 0.4) is 0 Å². The number of rotatable bonds is 2. The highest BCUT2D eigenvalue weighted by atomic mass is 32.2. The fourth-order valence-corrected chi connectivity index (χ4v) is 3.74. The maximum atomic E-state index is 12.4. The van der Waals surface area contributed by atoms with Gasteiger partial charge in [0.2, 0.25) is 0 Å². The normalized spacial score (nSPS) is 13.9. The van der Waals surface area contributed by atoms with E-state index in [-0.39, 0.29) is 0 Å². The summed E-state index contributed by atoms with van der Waals surface area (Å²) in [5, 5.41) is 3.23. The quantitative estimate of drug-likeness (QED) is 0.391. The van der Waals surface area contributed by atoms with E-state index >= 15 is 0 Å². The number of hydrogen-bond donors (Lipinski definition) is 0. The molecule has 0 amide bonds. The van der Waals surface area contributed by atoms with Crippen LogP contribution in [0.4, 0.5) is 0 Å². The van der Waals surface area contributed by atoms with Crippen LogP contribution in [0.5, 0.6) is 0 Å². The van der Waals surface area contributed by atoms with Crippen LogP contribution in [0.2, 0.25) is 0 Å². The molecule has 1 heterocycles. The van der Waals surface area contributed by atoms with Crippen LogP contribution in [0.15, 0.2) is 77.7 Å². The van der Waals surface area contributed by atoms with Gasteiger partial charge in [0.1, 0.15) is 0 Å². The van der Waals surface area contributed by atoms with Gasteiger partial charge in [-0.2, -0.15) is 0 Å². The highest BCUT2D eigenvalue weighted by Crippen LogP contribution is 2.33. The van der Waals surface area contributed by atoms with Crippen LogP contribution in [0.25, 0.3) is 32.9 Å². The molecule has 0 spiro atoms. The molecule has 0 bridgehead atoms. The zero-order chi connectivity index (χ0) is 16.7. The summed E-state index contributed by atoms with van der Waals surface area (Å²) in [5.41, 5.74) is 2.93. The zero-order valence-corrected chi connectivity index (χ0v) is 14.2. The van der Waals surface area contributed by atoms with Gasteiger partial charge >= 0.3 is 0 Å². The van der Waals surface area contributed by atoms with E-state index in [9.17, 15) is 4.21 Å². The second kappa shape index (κ2) is 5.46. The minimum atomic E-state index is -2.27. The Hall–Kier alpha value is -2.65. The maximum absolute atomic E-state index is 12.4. The third-order valence-corrected chi connectivity index (χ3v) is 5.47. The van der Waals surface area contributed by atoms with E-state index in [0.717, 1.165) is 37.8 Å². The van der Waals surface area contributed by atoms with Crippen LogP contribution in [-0.2, 0) is 9.52 Å². The third-order valence-electron chi connectivity index (χ3n) is 4.22. The van der Waals surface area contributed by atoms with Gasteiger partial charge in [0.25, 0.3) is 0 Å². The molecule has 0 saturated carbocycles. The second-order valence-corrected chi connectivity index (χ2v) is 8.54. The minimum Gasteiger partial charge on any atom is -0.263 e. The fraction of sp³-hybridized carbons (Fsp3) is 0.0476. The molecule has 24 heavy (non-hydrogen) atoms. The SMILES string of the molecule is C=S(C)(=O)c1ccc2c(c1)c(-c1ccccc1)nc1ccccc12. The van der Waals surface area contributed by atoms with E-state index in [2.05, 4.69) is 24.1 Å². The number of fused-ring (bicyclic) bond motifs is 3. The summed E-state index contributed by atoms with van der Waals surface area (Å²) in [6.45, 7) is 0. The number of aromatic nitrogens is 1. The van der Waals surface area contributed by atoms with Crippen molar-refractivity contribution in [2.75, 3.05) is 6.26 Å². The number of hydrogen-bond acceptors (Lipinski definition) is 2. The molecule has 1 atom stereocenters. The van der Waals surface area contributed by atoms with Gasteiger partial charge in [-0.3, -0.25) is 4.21 Å². The minimum absolute atomic E-state index is 0.754. The molecule has 0 aliphatic rings. The lowest BCUT2D eigenvalue weighted by Crippen LogP contribution is -1.97. The average molecular weight is 331 g/mol. The van der Waals surface area contributed by atoms with Crippen molar-refractivity contribution < 1.29 is 4.21 Å². The molecule has 0 radical (unpaired) electrons. The third kappa shape index (κ3) is 2.47. The topological polar surface area (TPSA) is 30.0 Å². The average Bonchev–Trinajstić information content (AvgIpc) is 2.60. The number of benzene rings is 3. The first kappa shape index (κ1) is 14.9. The van der Waals surface area contributed by atoms with Crippen molar-refractivity contribution in [3.05, 3.63) is 72.8 Å². The Labute approximate surface area is 141 Å². The van der Waals surface area contributed by atoms with E-state index in [1.807, 2.05) is 54.6 Å². The van der Waals surface area contributed by atoms with Gasteiger partial charge < -0.3 is 0 Å². The molecule has 4 rings (SSSR count). The van der Waals surface area contributed by atoms with Crippen LogP contribution in [0.1, 0.15) is 0 Å². The van der Waals surface area contributed by atoms with E-state index in [1.165, 1.54) is 0 Å². The van der Waals surface area contributed by atoms with Crippen molar-refractivity contribution in [2.24, 2.45) is 0 Å². The lowest BCUT2D eigenvalue weighted by Gasteiger charge is -2.12. The van der Waals surface area contributed by atoms with Crippen molar-refractivity contribution >= 4 is 37.1 Å². The highest BCUT2D eigenvalue weighted by Gasteiger charge is 2.12. The van der Waals surface area contributed by atoms with Crippen LogP contribution < -0.4 is 0 Å². The summed E-state index contributed by atoms with van der Waals surface area (Å²) in [5.74, 6) is 3.82. The van der Waals surface area contributed by atoms with Crippen molar-refractivity contribution in [3.63, 3.8) is 0 Å². The molecule has 0 N–H and O–H groups in total. The Morgan fingerprint density at radius 2 is 1.54 bits per heavy atom. The second-order valence-electron chi connectivity index (χ2n) is 6.06. The molecule has 3 heteroatoms. The summed E-state index contributed by atoms with van der Waals surface area (Å²) in [4.78, 5) is 5.64. The molecular formula is C21H17NOS. The van der Waals surface area contributed by atoms with Gasteiger partial charge in [-0.05, 0) is 39.0 Å². The van der Waals surface area contributed by atoms with Crippen molar-refractivity contribution in [2.45, 2.75) is 4.90 Å². The predicted octanol–water partition coefficient (Wildman–Crippen LogP) is 4.76. The van der Waals surface area contributed by atoms with E-state index in [0.29, 0.717) is 0 Å². The zero-order valence-electron chi connectivity index (χ0n) is 13.4. The summed E-state index contributed by atoms with van der Waals surface area (Å²) < 4.78 is 12.4. The Kier molecular flexibility index (Phi) is 3.39. The first-order valence-electron chi connectivity index (χ1n) is 7.74. The van der Waals surface area contributed by atoms with Crippen molar-refractivity contribution in [1.29, 1.82) is 0 Å². The lowest BCUT2D eigenvalue weighted by atomic mass is 10.00. The molecule has 0 saturated heterocycles. The van der Waals surface area contributed by atoms with Gasteiger partial charge in [-0.1, -0.05) is 54.6 Å². The number of para-hydroxylation sites is 1. The van der Waals surface area contributed by atoms with Crippen LogP contribution in [0, 0.1) is 0 Å². The Bertz CT molecular complexity index is 1160. The van der Waals surface area contributed by atoms with E-state index < -0.39 is 9.52 Å². The van der Waals surface area contributed by atoms with Crippen molar-refractivity contribution in [3.8, 4) is 11.3 Å². The molecule has 1 aromatic heterocycles. The van der Waals surface area contributed by atoms with E-state index in [4.69, 9.17) is 4.98 Å². The smallest absolute Gasteiger partial charge is 0.0788 e. The molecule has 4 aromatic rings. The van der Waals surface area contributed by atoms with Crippen LogP contribution >= 0.6 is 0 Å². The number of pyridine rings is 1. The Morgan fingerprint density at radius 1 is 0.833 bits per heavy atom. The highest BCUT2D eigenvalue weighted by molar-refractivity contribution is 7.99. The summed E-state index contributed by atoms with van der Waals surface area (Å²) in [6.07, 6.45) is 1.67. The Morgan fingerprint density at radius 3 is 2.29 bits per heavy atom. The fourth-order valence-electron chi connectivity index (χ4n) is 3.02. The van der Waals surface area contributed by atoms with Gasteiger partial charge in [0.05, 0.1) is 11.2 Å². The largest absolute Gasteiger partial charge is 0.263 e. The first-order chi connectivity index (χ1) is 11.5.